The highest BCUT2D eigenvalue weighted by molar-refractivity contribution is 5.91. The second kappa shape index (κ2) is 5.43. The second-order valence-electron chi connectivity index (χ2n) is 5.14. The Kier molecular flexibility index (Phi) is 5.13. The van der Waals surface area contributed by atoms with E-state index >= 15 is 0 Å². The van der Waals surface area contributed by atoms with Crippen molar-refractivity contribution in [2.45, 2.75) is 46.6 Å². The van der Waals surface area contributed by atoms with E-state index in [4.69, 9.17) is 4.74 Å². The first kappa shape index (κ1) is 15.1. The molecule has 1 N–H and O–H groups in total. The number of methoxy groups -OCH3 is 1. The van der Waals surface area contributed by atoms with Crippen LogP contribution in [-0.4, -0.2) is 30.9 Å². The highest BCUT2D eigenvalue weighted by Crippen LogP contribution is 2.16. The topological polar surface area (TPSA) is 55.4 Å². The predicted octanol–water partition coefficient (Wildman–Crippen LogP) is 1.53. The van der Waals surface area contributed by atoms with Gasteiger partial charge >= 0.3 is 0 Å². The van der Waals surface area contributed by atoms with Crippen molar-refractivity contribution in [2.75, 3.05) is 13.7 Å². The molecule has 94 valence electrons. The van der Waals surface area contributed by atoms with Crippen LogP contribution in [0.5, 0.6) is 0 Å². The lowest BCUT2D eigenvalue weighted by molar-refractivity contribution is -0.143. The Balaban J connectivity index is 4.33. The Hall–Kier alpha value is -0.900. The molecule has 1 atom stereocenters. The van der Waals surface area contributed by atoms with Crippen LogP contribution in [0.4, 0.5) is 0 Å². The lowest BCUT2D eigenvalue weighted by atomic mass is 9.90. The van der Waals surface area contributed by atoms with E-state index in [1.165, 1.54) is 7.11 Å². The fraction of sp³-hybridized carbons (Fsp3) is 0.833. The summed E-state index contributed by atoms with van der Waals surface area (Å²) in [6, 6.07) is 0. The first-order valence-corrected chi connectivity index (χ1v) is 5.54. The van der Waals surface area contributed by atoms with Crippen LogP contribution in [-0.2, 0) is 14.3 Å². The van der Waals surface area contributed by atoms with Gasteiger partial charge in [-0.25, -0.2) is 0 Å². The Labute approximate surface area is 97.7 Å². The summed E-state index contributed by atoms with van der Waals surface area (Å²) in [4.78, 5) is 23.4. The van der Waals surface area contributed by atoms with Gasteiger partial charge in [-0.15, -0.1) is 0 Å². The largest absolute Gasteiger partial charge is 0.369 e. The SMILES string of the molecule is CCC(C)(OC)C(=O)NCC(=O)C(C)(C)C. The molecule has 0 aliphatic rings. The Morgan fingerprint density at radius 2 is 1.69 bits per heavy atom. The van der Waals surface area contributed by atoms with Crippen LogP contribution in [0.3, 0.4) is 0 Å². The first-order valence-electron chi connectivity index (χ1n) is 5.54. The van der Waals surface area contributed by atoms with Crippen molar-refractivity contribution >= 4 is 11.7 Å². The molecule has 0 saturated heterocycles. The molecule has 0 spiro atoms. The molecule has 4 heteroatoms. The summed E-state index contributed by atoms with van der Waals surface area (Å²) in [6.07, 6.45) is 0.568. The van der Waals surface area contributed by atoms with E-state index in [-0.39, 0.29) is 18.2 Å². The highest BCUT2D eigenvalue weighted by atomic mass is 16.5. The van der Waals surface area contributed by atoms with E-state index in [0.717, 1.165) is 0 Å². The van der Waals surface area contributed by atoms with Gasteiger partial charge < -0.3 is 10.1 Å². The molecule has 0 saturated carbocycles. The van der Waals surface area contributed by atoms with Crippen molar-refractivity contribution in [1.82, 2.24) is 5.32 Å². The number of rotatable bonds is 5. The van der Waals surface area contributed by atoms with Gasteiger partial charge in [0.2, 0.25) is 0 Å². The minimum Gasteiger partial charge on any atom is -0.369 e. The summed E-state index contributed by atoms with van der Waals surface area (Å²) in [6.45, 7) is 9.13. The molecule has 0 fully saturated rings. The third-order valence-electron chi connectivity index (χ3n) is 2.85. The molecule has 4 nitrogen and oxygen atoms in total. The normalized spacial score (nSPS) is 15.4. The zero-order chi connectivity index (χ0) is 13.0. The fourth-order valence-corrected chi connectivity index (χ4v) is 1.01. The molecule has 0 rings (SSSR count). The van der Waals surface area contributed by atoms with Gasteiger partial charge in [-0.3, -0.25) is 9.59 Å². The van der Waals surface area contributed by atoms with Crippen molar-refractivity contribution in [3.8, 4) is 0 Å². The summed E-state index contributed by atoms with van der Waals surface area (Å²) in [5, 5.41) is 2.62. The van der Waals surface area contributed by atoms with Crippen molar-refractivity contribution in [2.24, 2.45) is 5.41 Å². The standard InChI is InChI=1S/C12H23NO3/c1-7-12(5,16-6)10(15)13-8-9(14)11(2,3)4/h7-8H2,1-6H3,(H,13,15). The van der Waals surface area contributed by atoms with Crippen molar-refractivity contribution in [1.29, 1.82) is 0 Å². The number of ether oxygens (including phenoxy) is 1. The van der Waals surface area contributed by atoms with Crippen molar-refractivity contribution in [3.05, 3.63) is 0 Å². The number of hydrogen-bond acceptors (Lipinski definition) is 3. The second-order valence-corrected chi connectivity index (χ2v) is 5.14. The number of nitrogens with one attached hydrogen (secondary N) is 1. The minimum absolute atomic E-state index is 0.00964. The summed E-state index contributed by atoms with van der Waals surface area (Å²) in [7, 11) is 1.49. The van der Waals surface area contributed by atoms with Crippen LogP contribution >= 0.6 is 0 Å². The lowest BCUT2D eigenvalue weighted by Crippen LogP contribution is -2.48. The van der Waals surface area contributed by atoms with Crippen LogP contribution in [0.15, 0.2) is 0 Å². The van der Waals surface area contributed by atoms with Crippen LogP contribution in [0.1, 0.15) is 41.0 Å². The van der Waals surface area contributed by atoms with E-state index in [1.54, 1.807) is 6.92 Å². The molecule has 0 aromatic heterocycles. The van der Waals surface area contributed by atoms with Crippen LogP contribution < -0.4 is 5.32 Å². The molecule has 1 amide bonds. The number of carbonyl (C=O) groups excluding carboxylic acids is 2. The van der Waals surface area contributed by atoms with Crippen LogP contribution in [0, 0.1) is 5.41 Å². The number of hydrogen-bond donors (Lipinski definition) is 1. The Morgan fingerprint density at radius 1 is 1.19 bits per heavy atom. The van der Waals surface area contributed by atoms with Gasteiger partial charge in [0.1, 0.15) is 5.60 Å². The van der Waals surface area contributed by atoms with E-state index in [0.29, 0.717) is 6.42 Å². The molecule has 0 radical (unpaired) electrons. The number of Topliss-reactive ketones (excluding diaryl/α,β-unsaturated/α-hetero) is 1. The third-order valence-corrected chi connectivity index (χ3v) is 2.85. The Morgan fingerprint density at radius 3 is 2.00 bits per heavy atom. The molecular weight excluding hydrogens is 206 g/mol. The Bertz CT molecular complexity index is 262. The van der Waals surface area contributed by atoms with Gasteiger partial charge in [-0.1, -0.05) is 27.7 Å². The lowest BCUT2D eigenvalue weighted by Gasteiger charge is -2.26. The maximum Gasteiger partial charge on any atom is 0.252 e. The quantitative estimate of drug-likeness (QED) is 0.778. The minimum atomic E-state index is -0.849. The van der Waals surface area contributed by atoms with E-state index < -0.39 is 11.0 Å². The van der Waals surface area contributed by atoms with Gasteiger partial charge in [0.05, 0.1) is 6.54 Å². The summed E-state index contributed by atoms with van der Waals surface area (Å²) >= 11 is 0. The molecule has 0 bridgehead atoms. The zero-order valence-corrected chi connectivity index (χ0v) is 11.1. The van der Waals surface area contributed by atoms with E-state index in [9.17, 15) is 9.59 Å². The smallest absolute Gasteiger partial charge is 0.252 e. The molecule has 1 unspecified atom stereocenters. The van der Waals surface area contributed by atoms with Gasteiger partial charge in [-0.05, 0) is 13.3 Å². The van der Waals surface area contributed by atoms with Crippen LogP contribution in [0.25, 0.3) is 0 Å². The summed E-state index contributed by atoms with van der Waals surface area (Å²) in [5.41, 5.74) is -1.28. The van der Waals surface area contributed by atoms with Gasteiger partial charge in [-0.2, -0.15) is 0 Å². The highest BCUT2D eigenvalue weighted by Gasteiger charge is 2.31. The molecule has 0 aromatic rings. The molecule has 0 aliphatic heterocycles. The number of ketones is 1. The average molecular weight is 229 g/mol. The van der Waals surface area contributed by atoms with E-state index in [2.05, 4.69) is 5.32 Å². The zero-order valence-electron chi connectivity index (χ0n) is 11.1. The predicted molar refractivity (Wildman–Crippen MR) is 63.2 cm³/mol. The molecule has 0 heterocycles. The van der Waals surface area contributed by atoms with Crippen molar-refractivity contribution < 1.29 is 14.3 Å². The maximum atomic E-state index is 11.8. The molecule has 16 heavy (non-hydrogen) atoms. The summed E-state index contributed by atoms with van der Waals surface area (Å²) in [5.74, 6) is -0.231. The molecule has 0 aliphatic carbocycles. The monoisotopic (exact) mass is 229 g/mol. The summed E-state index contributed by atoms with van der Waals surface area (Å²) < 4.78 is 5.14. The van der Waals surface area contributed by atoms with E-state index in [1.807, 2.05) is 27.7 Å². The number of amides is 1. The fourth-order valence-electron chi connectivity index (χ4n) is 1.01. The van der Waals surface area contributed by atoms with Gasteiger partial charge in [0.15, 0.2) is 5.78 Å². The van der Waals surface area contributed by atoms with Crippen molar-refractivity contribution in [3.63, 3.8) is 0 Å². The number of carbonyl (C=O) groups is 2. The third kappa shape index (κ3) is 3.93. The van der Waals surface area contributed by atoms with Gasteiger partial charge in [0.25, 0.3) is 5.91 Å². The first-order chi connectivity index (χ1) is 7.17. The molecular formula is C12H23NO3. The van der Waals surface area contributed by atoms with Gasteiger partial charge in [0, 0.05) is 12.5 Å². The molecule has 0 aromatic carbocycles. The average Bonchev–Trinajstić information content (AvgIpc) is 2.22. The van der Waals surface area contributed by atoms with Crippen LogP contribution in [0.2, 0.25) is 0 Å². The maximum absolute atomic E-state index is 11.8.